The third kappa shape index (κ3) is 3.73. The number of benzene rings is 1. The standard InChI is InChI=1S/C16H16BrNO2S/c1-16(11-19-10-12-5-3-2-4-6-12)9-13(18-20-16)14-7-8-15(17)21-14/h2-8H,9-11H2,1H3. The van der Waals surface area contributed by atoms with E-state index in [4.69, 9.17) is 9.57 Å². The molecule has 0 saturated carbocycles. The van der Waals surface area contributed by atoms with Gasteiger partial charge in [-0.2, -0.15) is 0 Å². The van der Waals surface area contributed by atoms with E-state index < -0.39 is 0 Å². The second kappa shape index (κ2) is 6.30. The Morgan fingerprint density at radius 3 is 2.81 bits per heavy atom. The van der Waals surface area contributed by atoms with Crippen molar-refractivity contribution in [2.75, 3.05) is 6.61 Å². The highest BCUT2D eigenvalue weighted by molar-refractivity contribution is 9.11. The van der Waals surface area contributed by atoms with Gasteiger partial charge in [-0.1, -0.05) is 35.5 Å². The Labute approximate surface area is 136 Å². The molecule has 1 aliphatic heterocycles. The van der Waals surface area contributed by atoms with E-state index in [1.165, 1.54) is 5.56 Å². The Hall–Kier alpha value is -1.17. The summed E-state index contributed by atoms with van der Waals surface area (Å²) in [6.07, 6.45) is 0.773. The molecule has 0 fully saturated rings. The van der Waals surface area contributed by atoms with Gasteiger partial charge in [0.2, 0.25) is 0 Å². The Kier molecular flexibility index (Phi) is 4.42. The second-order valence-corrected chi connectivity index (χ2v) is 7.80. The summed E-state index contributed by atoms with van der Waals surface area (Å²) in [5.74, 6) is 0. The summed E-state index contributed by atoms with van der Waals surface area (Å²) in [5.41, 5.74) is 1.79. The number of hydrogen-bond acceptors (Lipinski definition) is 4. The molecule has 1 aromatic heterocycles. The van der Waals surface area contributed by atoms with Crippen molar-refractivity contribution in [3.8, 4) is 0 Å². The fraction of sp³-hybridized carbons (Fsp3) is 0.312. The van der Waals surface area contributed by atoms with Gasteiger partial charge >= 0.3 is 0 Å². The summed E-state index contributed by atoms with van der Waals surface area (Å²) in [5, 5.41) is 4.22. The lowest BCUT2D eigenvalue weighted by atomic mass is 10.0. The molecule has 3 rings (SSSR count). The highest BCUT2D eigenvalue weighted by Crippen LogP contribution is 2.31. The van der Waals surface area contributed by atoms with Crippen LogP contribution in [-0.2, 0) is 16.2 Å². The summed E-state index contributed by atoms with van der Waals surface area (Å²) in [6.45, 7) is 3.16. The van der Waals surface area contributed by atoms with Crippen LogP contribution >= 0.6 is 27.3 Å². The smallest absolute Gasteiger partial charge is 0.163 e. The lowest BCUT2D eigenvalue weighted by molar-refractivity contribution is -0.0709. The molecule has 0 aliphatic carbocycles. The van der Waals surface area contributed by atoms with E-state index in [2.05, 4.69) is 39.3 Å². The number of oxime groups is 1. The van der Waals surface area contributed by atoms with Gasteiger partial charge in [0.05, 0.1) is 21.9 Å². The van der Waals surface area contributed by atoms with Crippen LogP contribution in [0.25, 0.3) is 0 Å². The molecule has 0 radical (unpaired) electrons. The Morgan fingerprint density at radius 2 is 2.10 bits per heavy atom. The fourth-order valence-corrected chi connectivity index (χ4v) is 3.59. The monoisotopic (exact) mass is 365 g/mol. The minimum Gasteiger partial charge on any atom is -0.386 e. The molecule has 1 atom stereocenters. The molecule has 0 amide bonds. The number of thiophene rings is 1. The molecule has 0 N–H and O–H groups in total. The molecule has 21 heavy (non-hydrogen) atoms. The number of rotatable bonds is 5. The van der Waals surface area contributed by atoms with Crippen LogP contribution in [-0.4, -0.2) is 17.9 Å². The van der Waals surface area contributed by atoms with Gasteiger partial charge < -0.3 is 9.57 Å². The maximum atomic E-state index is 5.79. The van der Waals surface area contributed by atoms with Gasteiger partial charge in [0.1, 0.15) is 5.71 Å². The van der Waals surface area contributed by atoms with E-state index in [1.807, 2.05) is 31.2 Å². The summed E-state index contributed by atoms with van der Waals surface area (Å²) < 4.78 is 6.90. The Morgan fingerprint density at radius 1 is 1.29 bits per heavy atom. The summed E-state index contributed by atoms with van der Waals surface area (Å²) in [4.78, 5) is 6.76. The Bertz CT molecular complexity index is 641. The molecule has 1 aromatic carbocycles. The first-order valence-corrected chi connectivity index (χ1v) is 8.38. The highest BCUT2D eigenvalue weighted by Gasteiger charge is 2.35. The number of ether oxygens (including phenoxy) is 1. The SMILES string of the molecule is CC1(COCc2ccccc2)CC(c2ccc(Br)s2)=NO1. The fourth-order valence-electron chi connectivity index (χ4n) is 2.22. The normalized spacial score (nSPS) is 21.1. The van der Waals surface area contributed by atoms with Crippen molar-refractivity contribution in [3.63, 3.8) is 0 Å². The second-order valence-electron chi connectivity index (χ2n) is 5.34. The van der Waals surface area contributed by atoms with Gasteiger partial charge in [-0.05, 0) is 40.5 Å². The van der Waals surface area contributed by atoms with Crippen LogP contribution in [0, 0.1) is 0 Å². The van der Waals surface area contributed by atoms with Crippen LogP contribution < -0.4 is 0 Å². The van der Waals surface area contributed by atoms with Gasteiger partial charge in [0.25, 0.3) is 0 Å². The molecule has 2 aromatic rings. The average molecular weight is 366 g/mol. The average Bonchev–Trinajstić information content (AvgIpc) is 3.07. The molecule has 0 bridgehead atoms. The van der Waals surface area contributed by atoms with Crippen molar-refractivity contribution < 1.29 is 9.57 Å². The third-order valence-corrected chi connectivity index (χ3v) is 4.97. The largest absolute Gasteiger partial charge is 0.386 e. The molecule has 2 heterocycles. The predicted molar refractivity (Wildman–Crippen MR) is 88.8 cm³/mol. The van der Waals surface area contributed by atoms with Gasteiger partial charge in [0.15, 0.2) is 5.60 Å². The first kappa shape index (κ1) is 14.8. The van der Waals surface area contributed by atoms with Gasteiger partial charge in [-0.15, -0.1) is 11.3 Å². The van der Waals surface area contributed by atoms with E-state index in [0.717, 1.165) is 20.8 Å². The van der Waals surface area contributed by atoms with Gasteiger partial charge in [0, 0.05) is 6.42 Å². The predicted octanol–water partition coefficient (Wildman–Crippen LogP) is 4.61. The van der Waals surface area contributed by atoms with Crippen LogP contribution in [0.1, 0.15) is 23.8 Å². The first-order valence-electron chi connectivity index (χ1n) is 6.77. The van der Waals surface area contributed by atoms with E-state index >= 15 is 0 Å². The van der Waals surface area contributed by atoms with E-state index in [9.17, 15) is 0 Å². The quantitative estimate of drug-likeness (QED) is 0.774. The minimum absolute atomic E-state index is 0.374. The number of hydrogen-bond donors (Lipinski definition) is 0. The van der Waals surface area contributed by atoms with Crippen LogP contribution in [0.2, 0.25) is 0 Å². The molecule has 0 saturated heterocycles. The number of nitrogens with zero attached hydrogens (tertiary/aromatic N) is 1. The maximum Gasteiger partial charge on any atom is 0.163 e. The highest BCUT2D eigenvalue weighted by atomic mass is 79.9. The van der Waals surface area contributed by atoms with Crippen molar-refractivity contribution in [1.82, 2.24) is 0 Å². The van der Waals surface area contributed by atoms with Gasteiger partial charge in [-0.3, -0.25) is 0 Å². The molecule has 1 aliphatic rings. The lowest BCUT2D eigenvalue weighted by Gasteiger charge is -2.21. The van der Waals surface area contributed by atoms with Crippen LogP contribution in [0.5, 0.6) is 0 Å². The zero-order valence-corrected chi connectivity index (χ0v) is 14.1. The summed E-state index contributed by atoms with van der Waals surface area (Å²) in [7, 11) is 0. The van der Waals surface area contributed by atoms with Gasteiger partial charge in [-0.25, -0.2) is 0 Å². The number of halogens is 1. The third-order valence-electron chi connectivity index (χ3n) is 3.29. The summed E-state index contributed by atoms with van der Waals surface area (Å²) in [6, 6.07) is 14.2. The molecular formula is C16H16BrNO2S. The van der Waals surface area contributed by atoms with Crippen LogP contribution in [0.3, 0.4) is 0 Å². The molecule has 1 unspecified atom stereocenters. The van der Waals surface area contributed by atoms with Crippen molar-refractivity contribution in [2.24, 2.45) is 5.16 Å². The van der Waals surface area contributed by atoms with E-state index in [1.54, 1.807) is 11.3 Å². The zero-order valence-electron chi connectivity index (χ0n) is 11.7. The first-order chi connectivity index (χ1) is 10.1. The summed E-state index contributed by atoms with van der Waals surface area (Å²) >= 11 is 5.15. The van der Waals surface area contributed by atoms with Crippen LogP contribution in [0.15, 0.2) is 51.4 Å². The van der Waals surface area contributed by atoms with Crippen molar-refractivity contribution >= 4 is 33.0 Å². The lowest BCUT2D eigenvalue weighted by Crippen LogP contribution is -2.31. The van der Waals surface area contributed by atoms with Crippen molar-refractivity contribution in [2.45, 2.75) is 25.6 Å². The zero-order chi connectivity index (χ0) is 14.7. The van der Waals surface area contributed by atoms with Crippen LogP contribution in [0.4, 0.5) is 0 Å². The Balaban J connectivity index is 1.53. The van der Waals surface area contributed by atoms with E-state index in [-0.39, 0.29) is 5.60 Å². The molecule has 5 heteroatoms. The molecule has 110 valence electrons. The van der Waals surface area contributed by atoms with Crippen molar-refractivity contribution in [1.29, 1.82) is 0 Å². The molecule has 3 nitrogen and oxygen atoms in total. The van der Waals surface area contributed by atoms with Crippen molar-refractivity contribution in [3.05, 3.63) is 56.7 Å². The molecule has 0 spiro atoms. The van der Waals surface area contributed by atoms with E-state index in [0.29, 0.717) is 13.2 Å². The maximum absolute atomic E-state index is 5.79. The topological polar surface area (TPSA) is 30.8 Å². The molecular weight excluding hydrogens is 350 g/mol. The minimum atomic E-state index is -0.374.